The fourth-order valence-electron chi connectivity index (χ4n) is 1.91. The summed E-state index contributed by atoms with van der Waals surface area (Å²) >= 11 is 0. The lowest BCUT2D eigenvalue weighted by atomic mass is 10.1. The molecule has 0 spiro atoms. The molecule has 4 heteroatoms. The molecule has 0 aromatic heterocycles. The van der Waals surface area contributed by atoms with Crippen molar-refractivity contribution in [1.29, 1.82) is 0 Å². The fraction of sp³-hybridized carbons (Fsp3) is 0.500. The standard InChI is InChI=1S/C20H26O4/c1-4-7-8-9-10-18(6-3)24-20(22)17-13-11-16(12-14-17)19(21)23-15-5-2/h11-14,18H,4-7,10,15H2,1-3H3. The Morgan fingerprint density at radius 2 is 1.58 bits per heavy atom. The molecular weight excluding hydrogens is 304 g/mol. The van der Waals surface area contributed by atoms with E-state index in [2.05, 4.69) is 18.8 Å². The molecule has 0 N–H and O–H groups in total. The van der Waals surface area contributed by atoms with Crippen molar-refractivity contribution >= 4 is 11.9 Å². The predicted octanol–water partition coefficient (Wildman–Crippen LogP) is 4.38. The number of hydrogen-bond donors (Lipinski definition) is 0. The zero-order chi connectivity index (χ0) is 17.8. The first-order valence-corrected chi connectivity index (χ1v) is 8.56. The van der Waals surface area contributed by atoms with Crippen LogP contribution in [0.1, 0.15) is 73.6 Å². The van der Waals surface area contributed by atoms with Crippen LogP contribution in [0.4, 0.5) is 0 Å². The van der Waals surface area contributed by atoms with E-state index >= 15 is 0 Å². The van der Waals surface area contributed by atoms with Gasteiger partial charge < -0.3 is 9.47 Å². The van der Waals surface area contributed by atoms with Crippen molar-refractivity contribution in [1.82, 2.24) is 0 Å². The molecule has 1 rings (SSSR count). The maximum Gasteiger partial charge on any atom is 0.338 e. The van der Waals surface area contributed by atoms with E-state index in [4.69, 9.17) is 9.47 Å². The fourth-order valence-corrected chi connectivity index (χ4v) is 1.91. The molecule has 0 aliphatic rings. The topological polar surface area (TPSA) is 52.6 Å². The van der Waals surface area contributed by atoms with Gasteiger partial charge in [0.1, 0.15) is 6.10 Å². The lowest BCUT2D eigenvalue weighted by molar-refractivity contribution is 0.0303. The number of hydrogen-bond acceptors (Lipinski definition) is 4. The Morgan fingerprint density at radius 1 is 0.958 bits per heavy atom. The van der Waals surface area contributed by atoms with Crippen LogP contribution in [0.5, 0.6) is 0 Å². The smallest absolute Gasteiger partial charge is 0.338 e. The van der Waals surface area contributed by atoms with E-state index in [1.165, 1.54) is 0 Å². The summed E-state index contributed by atoms with van der Waals surface area (Å²) in [7, 11) is 0. The molecule has 0 radical (unpaired) electrons. The Hall–Kier alpha value is -2.28. The predicted molar refractivity (Wildman–Crippen MR) is 93.8 cm³/mol. The first kappa shape index (κ1) is 19.8. The van der Waals surface area contributed by atoms with Crippen molar-refractivity contribution in [2.45, 2.75) is 59.0 Å². The zero-order valence-corrected chi connectivity index (χ0v) is 14.8. The molecule has 4 nitrogen and oxygen atoms in total. The first-order chi connectivity index (χ1) is 11.6. The van der Waals surface area contributed by atoms with Gasteiger partial charge in [0.2, 0.25) is 0 Å². The number of unbranched alkanes of at least 4 members (excludes halogenated alkanes) is 1. The van der Waals surface area contributed by atoms with Gasteiger partial charge in [-0.3, -0.25) is 0 Å². The molecule has 24 heavy (non-hydrogen) atoms. The van der Waals surface area contributed by atoms with Crippen LogP contribution in [0, 0.1) is 11.8 Å². The zero-order valence-electron chi connectivity index (χ0n) is 14.8. The van der Waals surface area contributed by atoms with Crippen molar-refractivity contribution < 1.29 is 19.1 Å². The van der Waals surface area contributed by atoms with E-state index < -0.39 is 5.97 Å². The van der Waals surface area contributed by atoms with Gasteiger partial charge in [-0.15, -0.1) is 5.92 Å². The molecule has 0 amide bonds. The lowest BCUT2D eigenvalue weighted by Gasteiger charge is -2.13. The minimum absolute atomic E-state index is 0.212. The van der Waals surface area contributed by atoms with Gasteiger partial charge in [0, 0.05) is 12.8 Å². The molecule has 130 valence electrons. The Morgan fingerprint density at radius 3 is 2.12 bits per heavy atom. The van der Waals surface area contributed by atoms with Gasteiger partial charge in [0.05, 0.1) is 17.7 Å². The normalized spacial score (nSPS) is 11.1. The molecule has 0 fully saturated rings. The van der Waals surface area contributed by atoms with Crippen molar-refractivity contribution in [3.05, 3.63) is 35.4 Å². The number of rotatable bonds is 8. The average molecular weight is 330 g/mol. The van der Waals surface area contributed by atoms with Gasteiger partial charge in [0.25, 0.3) is 0 Å². The summed E-state index contributed by atoms with van der Waals surface area (Å²) in [5.41, 5.74) is 0.847. The maximum atomic E-state index is 12.2. The third-order valence-electron chi connectivity index (χ3n) is 3.35. The highest BCUT2D eigenvalue weighted by Gasteiger charge is 2.15. The lowest BCUT2D eigenvalue weighted by Crippen LogP contribution is -2.17. The summed E-state index contributed by atoms with van der Waals surface area (Å²) in [6.07, 6.45) is 3.71. The molecule has 0 aliphatic heterocycles. The first-order valence-electron chi connectivity index (χ1n) is 8.56. The number of ether oxygens (including phenoxy) is 2. The SMILES string of the molecule is CCCC#CCC(CC)OC(=O)c1ccc(C(=O)OCCC)cc1. The highest BCUT2D eigenvalue weighted by molar-refractivity contribution is 5.93. The van der Waals surface area contributed by atoms with Crippen LogP contribution in [0.3, 0.4) is 0 Å². The van der Waals surface area contributed by atoms with Gasteiger partial charge in [-0.1, -0.05) is 26.7 Å². The van der Waals surface area contributed by atoms with E-state index in [9.17, 15) is 9.59 Å². The molecule has 0 bridgehead atoms. The number of carbonyl (C=O) groups excluding carboxylic acids is 2. The van der Waals surface area contributed by atoms with E-state index in [1.54, 1.807) is 24.3 Å². The highest BCUT2D eigenvalue weighted by atomic mass is 16.5. The number of benzene rings is 1. The van der Waals surface area contributed by atoms with Crippen LogP contribution in [-0.4, -0.2) is 24.6 Å². The van der Waals surface area contributed by atoms with Crippen molar-refractivity contribution in [2.75, 3.05) is 6.61 Å². The van der Waals surface area contributed by atoms with Crippen LogP contribution in [-0.2, 0) is 9.47 Å². The second-order valence-corrected chi connectivity index (χ2v) is 5.46. The van der Waals surface area contributed by atoms with Crippen LogP contribution in [0.2, 0.25) is 0 Å². The Balaban J connectivity index is 2.61. The van der Waals surface area contributed by atoms with E-state index in [0.717, 1.165) is 19.3 Å². The summed E-state index contributed by atoms with van der Waals surface area (Å²) in [6, 6.07) is 6.33. The molecule has 1 aromatic rings. The van der Waals surface area contributed by atoms with Gasteiger partial charge in [-0.25, -0.2) is 9.59 Å². The molecule has 1 unspecified atom stereocenters. The summed E-state index contributed by atoms with van der Waals surface area (Å²) in [5.74, 6) is 5.33. The summed E-state index contributed by atoms with van der Waals surface area (Å²) in [4.78, 5) is 23.9. The second-order valence-electron chi connectivity index (χ2n) is 5.46. The van der Waals surface area contributed by atoms with Gasteiger partial charge in [0.15, 0.2) is 0 Å². The summed E-state index contributed by atoms with van der Waals surface area (Å²) in [6.45, 7) is 6.36. The summed E-state index contributed by atoms with van der Waals surface area (Å²) in [5, 5.41) is 0. The van der Waals surface area contributed by atoms with Crippen molar-refractivity contribution in [3.63, 3.8) is 0 Å². The third kappa shape index (κ3) is 6.87. The average Bonchev–Trinajstić information content (AvgIpc) is 2.62. The van der Waals surface area contributed by atoms with Gasteiger partial charge in [-0.2, -0.15) is 0 Å². The molecule has 1 aromatic carbocycles. The molecule has 0 saturated heterocycles. The van der Waals surface area contributed by atoms with Gasteiger partial charge in [-0.05, 0) is 43.5 Å². The van der Waals surface area contributed by atoms with Crippen molar-refractivity contribution in [3.8, 4) is 11.8 Å². The Labute approximate surface area is 144 Å². The maximum absolute atomic E-state index is 12.2. The molecule has 0 saturated carbocycles. The molecular formula is C20H26O4. The van der Waals surface area contributed by atoms with Crippen LogP contribution in [0.25, 0.3) is 0 Å². The largest absolute Gasteiger partial charge is 0.462 e. The minimum Gasteiger partial charge on any atom is -0.462 e. The third-order valence-corrected chi connectivity index (χ3v) is 3.35. The van der Waals surface area contributed by atoms with Gasteiger partial charge >= 0.3 is 11.9 Å². The number of carbonyl (C=O) groups is 2. The quantitative estimate of drug-likeness (QED) is 0.524. The van der Waals surface area contributed by atoms with E-state index in [1.807, 2.05) is 13.8 Å². The molecule has 0 aliphatic carbocycles. The van der Waals surface area contributed by atoms with Crippen LogP contribution in [0.15, 0.2) is 24.3 Å². The molecule has 0 heterocycles. The summed E-state index contributed by atoms with van der Waals surface area (Å²) < 4.78 is 10.5. The second kappa shape index (κ2) is 11.3. The minimum atomic E-state index is -0.396. The number of esters is 2. The van der Waals surface area contributed by atoms with Crippen LogP contribution < -0.4 is 0 Å². The Bertz CT molecular complexity index is 578. The Kier molecular flexibility index (Phi) is 9.29. The van der Waals surface area contributed by atoms with E-state index in [-0.39, 0.29) is 12.1 Å². The van der Waals surface area contributed by atoms with Crippen LogP contribution >= 0.6 is 0 Å². The van der Waals surface area contributed by atoms with E-state index in [0.29, 0.717) is 30.6 Å². The van der Waals surface area contributed by atoms with Crippen molar-refractivity contribution in [2.24, 2.45) is 0 Å². The molecule has 1 atom stereocenters. The monoisotopic (exact) mass is 330 g/mol. The highest BCUT2D eigenvalue weighted by Crippen LogP contribution is 2.11.